The van der Waals surface area contributed by atoms with Gasteiger partial charge in [0.25, 0.3) is 0 Å². The second-order valence-electron chi connectivity index (χ2n) is 6.69. The van der Waals surface area contributed by atoms with E-state index in [9.17, 15) is 9.59 Å². The largest absolute Gasteiger partial charge is 0.445 e. The highest BCUT2D eigenvalue weighted by Gasteiger charge is 2.40. The van der Waals surface area contributed by atoms with Crippen LogP contribution in [0.2, 0.25) is 0 Å². The molecule has 0 spiro atoms. The summed E-state index contributed by atoms with van der Waals surface area (Å²) in [7, 11) is 3.82. The predicted octanol–water partition coefficient (Wildman–Crippen LogP) is 2.37. The maximum Gasteiger partial charge on any atom is 0.423 e. The lowest BCUT2D eigenvalue weighted by Gasteiger charge is -2.35. The fraction of sp³-hybridized carbons (Fsp3) is 0.529. The van der Waals surface area contributed by atoms with Crippen LogP contribution in [-0.2, 0) is 11.8 Å². The van der Waals surface area contributed by atoms with E-state index in [4.69, 9.17) is 4.74 Å². The molecule has 2 unspecified atom stereocenters. The number of carbonyl (C=O) groups is 1. The summed E-state index contributed by atoms with van der Waals surface area (Å²) in [5.74, 6) is 0. The lowest BCUT2D eigenvalue weighted by Crippen LogP contribution is -2.44. The molecule has 2 bridgehead atoms. The molecule has 130 valence electrons. The Morgan fingerprint density at radius 2 is 1.67 bits per heavy atom. The monoisotopic (exact) mass is 351 g/mol. The van der Waals surface area contributed by atoms with Gasteiger partial charge in [0.15, 0.2) is 0 Å². The first-order valence-corrected chi connectivity index (χ1v) is 8.15. The molecule has 0 radical (unpaired) electrons. The van der Waals surface area contributed by atoms with Gasteiger partial charge in [-0.2, -0.15) is 4.57 Å². The van der Waals surface area contributed by atoms with Crippen LogP contribution in [0, 0.1) is 0 Å². The fourth-order valence-corrected chi connectivity index (χ4v) is 4.12. The van der Waals surface area contributed by atoms with Gasteiger partial charge in [-0.3, -0.25) is 4.57 Å². The predicted molar refractivity (Wildman–Crippen MR) is 93.9 cm³/mol. The molecule has 0 aliphatic carbocycles. The third-order valence-electron chi connectivity index (χ3n) is 5.47. The van der Waals surface area contributed by atoms with Gasteiger partial charge >= 0.3 is 11.8 Å². The number of carbonyl (C=O) groups excluding carboxylic acids is 1. The summed E-state index contributed by atoms with van der Waals surface area (Å²) < 4.78 is 8.32. The molecule has 1 aromatic heterocycles. The average molecular weight is 352 g/mol. The molecule has 2 aliphatic heterocycles. The number of ether oxygens (including phenoxy) is 1. The van der Waals surface area contributed by atoms with Crippen molar-refractivity contribution in [3.8, 4) is 0 Å². The maximum atomic E-state index is 12.6. The smallest absolute Gasteiger partial charge is 0.423 e. The normalized spacial score (nSPS) is 26.3. The van der Waals surface area contributed by atoms with E-state index in [-0.39, 0.29) is 24.2 Å². The Kier molecular flexibility index (Phi) is 4.44. The van der Waals surface area contributed by atoms with Crippen LogP contribution in [0.5, 0.6) is 0 Å². The molecule has 2 saturated heterocycles. The highest BCUT2D eigenvalue weighted by atomic mass is 35.5. The van der Waals surface area contributed by atoms with Crippen LogP contribution in [0.25, 0.3) is 11.0 Å². The van der Waals surface area contributed by atoms with Crippen molar-refractivity contribution in [1.82, 2.24) is 14.0 Å². The highest BCUT2D eigenvalue weighted by molar-refractivity contribution is 5.86. The molecule has 3 heterocycles. The lowest BCUT2D eigenvalue weighted by atomic mass is 10.0. The van der Waals surface area contributed by atoms with E-state index in [1.165, 1.54) is 17.4 Å². The number of para-hydroxylation sites is 2. The SMILES string of the molecule is CN1C2CCC1CC(OC(=O)n1c(=O)n(C)c3ccccc31)C2.Cl. The number of piperidine rings is 1. The van der Waals surface area contributed by atoms with Crippen LogP contribution < -0.4 is 5.69 Å². The molecular formula is C17H22ClN3O3. The van der Waals surface area contributed by atoms with Gasteiger partial charge < -0.3 is 9.64 Å². The number of imidazole rings is 1. The second kappa shape index (κ2) is 6.26. The summed E-state index contributed by atoms with van der Waals surface area (Å²) >= 11 is 0. The number of benzene rings is 1. The number of hydrogen-bond acceptors (Lipinski definition) is 4. The van der Waals surface area contributed by atoms with E-state index in [2.05, 4.69) is 11.9 Å². The van der Waals surface area contributed by atoms with E-state index in [1.807, 2.05) is 18.2 Å². The topological polar surface area (TPSA) is 56.5 Å². The van der Waals surface area contributed by atoms with Gasteiger partial charge in [0.05, 0.1) is 11.0 Å². The average Bonchev–Trinajstić information content (AvgIpc) is 2.90. The van der Waals surface area contributed by atoms with Crippen LogP contribution in [-0.4, -0.2) is 45.4 Å². The Morgan fingerprint density at radius 1 is 1.08 bits per heavy atom. The Labute approximate surface area is 146 Å². The van der Waals surface area contributed by atoms with Gasteiger partial charge in [-0.25, -0.2) is 9.59 Å². The van der Waals surface area contributed by atoms with Crippen LogP contribution in [0.3, 0.4) is 0 Å². The molecule has 4 rings (SSSR count). The molecular weight excluding hydrogens is 330 g/mol. The van der Waals surface area contributed by atoms with Gasteiger partial charge in [-0.1, -0.05) is 12.1 Å². The minimum absolute atomic E-state index is 0. The molecule has 2 aromatic rings. The minimum atomic E-state index is -0.555. The zero-order valence-electron chi connectivity index (χ0n) is 13.8. The van der Waals surface area contributed by atoms with Gasteiger partial charge in [0.2, 0.25) is 0 Å². The van der Waals surface area contributed by atoms with Crippen LogP contribution in [0.1, 0.15) is 25.7 Å². The number of aromatic nitrogens is 2. The number of aryl methyl sites for hydroxylation is 1. The first-order valence-electron chi connectivity index (χ1n) is 8.15. The first kappa shape index (κ1) is 17.0. The first-order chi connectivity index (χ1) is 11.1. The van der Waals surface area contributed by atoms with Crippen molar-refractivity contribution < 1.29 is 9.53 Å². The van der Waals surface area contributed by atoms with Crippen molar-refractivity contribution in [3.05, 3.63) is 34.7 Å². The number of fused-ring (bicyclic) bond motifs is 3. The highest BCUT2D eigenvalue weighted by Crippen LogP contribution is 2.35. The molecule has 6 nitrogen and oxygen atoms in total. The Balaban J connectivity index is 0.00000169. The van der Waals surface area contributed by atoms with E-state index in [0.717, 1.165) is 22.9 Å². The van der Waals surface area contributed by atoms with E-state index in [1.54, 1.807) is 13.1 Å². The summed E-state index contributed by atoms with van der Waals surface area (Å²) in [6, 6.07) is 8.27. The third kappa shape index (κ3) is 2.54. The molecule has 0 N–H and O–H groups in total. The molecule has 0 amide bonds. The fourth-order valence-electron chi connectivity index (χ4n) is 4.12. The van der Waals surface area contributed by atoms with Gasteiger partial charge in [0, 0.05) is 32.0 Å². The van der Waals surface area contributed by atoms with Crippen molar-refractivity contribution >= 4 is 29.5 Å². The molecule has 0 saturated carbocycles. The van der Waals surface area contributed by atoms with Crippen LogP contribution in [0.15, 0.2) is 29.1 Å². The van der Waals surface area contributed by atoms with Gasteiger partial charge in [-0.15, -0.1) is 12.4 Å². The minimum Gasteiger partial charge on any atom is -0.445 e. The van der Waals surface area contributed by atoms with Crippen LogP contribution >= 0.6 is 12.4 Å². The molecule has 2 fully saturated rings. The quantitative estimate of drug-likeness (QED) is 0.791. The van der Waals surface area contributed by atoms with E-state index in [0.29, 0.717) is 17.6 Å². The third-order valence-corrected chi connectivity index (χ3v) is 5.47. The summed E-state index contributed by atoms with van der Waals surface area (Å²) in [6.45, 7) is 0. The Hall–Kier alpha value is -1.79. The Morgan fingerprint density at radius 3 is 2.29 bits per heavy atom. The van der Waals surface area contributed by atoms with Gasteiger partial charge in [0.1, 0.15) is 6.10 Å². The molecule has 2 atom stereocenters. The van der Waals surface area contributed by atoms with E-state index >= 15 is 0 Å². The molecule has 1 aromatic carbocycles. The molecule has 7 heteroatoms. The number of rotatable bonds is 1. The van der Waals surface area contributed by atoms with Crippen LogP contribution in [0.4, 0.5) is 4.79 Å². The Bertz CT molecular complexity index is 814. The standard InChI is InChI=1S/C17H21N3O3.ClH/c1-18-11-7-8-12(18)10-13(9-11)23-17(22)20-15-6-4-3-5-14(15)19(2)16(20)21;/h3-6,11-13H,7-10H2,1-2H3;1H. The zero-order chi connectivity index (χ0) is 16.1. The summed E-state index contributed by atoms with van der Waals surface area (Å²) in [4.78, 5) is 27.4. The molecule has 2 aliphatic rings. The van der Waals surface area contributed by atoms with Crippen molar-refractivity contribution in [2.24, 2.45) is 7.05 Å². The molecule has 24 heavy (non-hydrogen) atoms. The van der Waals surface area contributed by atoms with Crippen molar-refractivity contribution in [2.45, 2.75) is 43.9 Å². The summed E-state index contributed by atoms with van der Waals surface area (Å²) in [5, 5.41) is 0. The number of halogens is 1. The lowest BCUT2D eigenvalue weighted by molar-refractivity contribution is 0.0290. The summed E-state index contributed by atoms with van der Waals surface area (Å²) in [6.07, 6.45) is 3.41. The van der Waals surface area contributed by atoms with Crippen molar-refractivity contribution in [3.63, 3.8) is 0 Å². The van der Waals surface area contributed by atoms with Crippen molar-refractivity contribution in [2.75, 3.05) is 7.05 Å². The van der Waals surface area contributed by atoms with E-state index < -0.39 is 6.09 Å². The zero-order valence-corrected chi connectivity index (χ0v) is 14.7. The second-order valence-corrected chi connectivity index (χ2v) is 6.69. The van der Waals surface area contributed by atoms with Crippen molar-refractivity contribution in [1.29, 1.82) is 0 Å². The maximum absolute atomic E-state index is 12.6. The number of hydrogen-bond donors (Lipinski definition) is 0. The summed E-state index contributed by atoms with van der Waals surface area (Å²) in [5.41, 5.74) is 0.978. The van der Waals surface area contributed by atoms with Gasteiger partial charge in [-0.05, 0) is 32.0 Å². The number of nitrogens with zero attached hydrogens (tertiary/aromatic N) is 3.